The number of hydrogen-bond donors (Lipinski definition) is 1. The van der Waals surface area contributed by atoms with E-state index in [1.54, 1.807) is 27.6 Å². The summed E-state index contributed by atoms with van der Waals surface area (Å²) in [5.41, 5.74) is 0.738. The van der Waals surface area contributed by atoms with Crippen LogP contribution in [0.1, 0.15) is 18.0 Å². The zero-order valence-electron chi connectivity index (χ0n) is 23.1. The average molecular weight is 649 g/mol. The van der Waals surface area contributed by atoms with Gasteiger partial charge < -0.3 is 24.4 Å². The molecule has 0 radical (unpaired) electrons. The number of thioether (sulfide) groups is 1. The van der Waals surface area contributed by atoms with Gasteiger partial charge in [-0.15, -0.1) is 18.3 Å². The Morgan fingerprint density at radius 2 is 1.98 bits per heavy atom. The largest absolute Gasteiger partial charge is 0.461 e. The van der Waals surface area contributed by atoms with Crippen molar-refractivity contribution in [3.63, 3.8) is 0 Å². The Bertz CT molecular complexity index is 1150. The molecule has 1 N–H and O–H groups in total. The average Bonchev–Trinajstić information content (AvgIpc) is 3.59. The first-order valence-electron chi connectivity index (χ1n) is 14.1. The Morgan fingerprint density at radius 3 is 2.63 bits per heavy atom. The minimum Gasteiger partial charge on any atom is -0.461 e. The van der Waals surface area contributed by atoms with Gasteiger partial charge in [-0.05, 0) is 12.0 Å². The number of aliphatic hydroxyl groups excluding tert-OH is 1. The SMILES string of the molecule is C=CCOC(=O)[C@H]1[C@@H]2SC3(CC2Br)C(C(=O)N(CC=C)CCN2CCOCC2)N([C@H](CO)c2ccccc2)C(=O)[C@H]13. The minimum atomic E-state index is -0.866. The molecule has 11 heteroatoms. The fourth-order valence-corrected chi connectivity index (χ4v) is 10.5. The number of hydrogen-bond acceptors (Lipinski definition) is 8. The number of fused-ring (bicyclic) bond motifs is 1. The van der Waals surface area contributed by atoms with E-state index in [0.717, 1.165) is 18.7 Å². The summed E-state index contributed by atoms with van der Waals surface area (Å²) in [5.74, 6) is -2.36. The van der Waals surface area contributed by atoms with Gasteiger partial charge in [0.2, 0.25) is 11.8 Å². The number of alkyl halides is 1. The van der Waals surface area contributed by atoms with E-state index in [0.29, 0.717) is 39.3 Å². The lowest BCUT2D eigenvalue weighted by molar-refractivity contribution is -0.153. The number of carbonyl (C=O) groups is 3. The van der Waals surface area contributed by atoms with Gasteiger partial charge in [-0.3, -0.25) is 19.3 Å². The molecule has 0 saturated carbocycles. The van der Waals surface area contributed by atoms with Crippen molar-refractivity contribution in [2.75, 3.05) is 59.2 Å². The second-order valence-electron chi connectivity index (χ2n) is 11.0. The van der Waals surface area contributed by atoms with E-state index < -0.39 is 34.6 Å². The maximum Gasteiger partial charge on any atom is 0.311 e. The first kappa shape index (κ1) is 30.3. The van der Waals surface area contributed by atoms with E-state index in [1.807, 2.05) is 30.3 Å². The second kappa shape index (κ2) is 13.0. The van der Waals surface area contributed by atoms with Gasteiger partial charge >= 0.3 is 5.97 Å². The predicted molar refractivity (Wildman–Crippen MR) is 161 cm³/mol. The smallest absolute Gasteiger partial charge is 0.311 e. The van der Waals surface area contributed by atoms with Crippen LogP contribution >= 0.6 is 27.7 Å². The normalized spacial score (nSPS) is 31.5. The highest BCUT2D eigenvalue weighted by atomic mass is 79.9. The van der Waals surface area contributed by atoms with Gasteiger partial charge in [0.25, 0.3) is 0 Å². The van der Waals surface area contributed by atoms with E-state index >= 15 is 0 Å². The highest BCUT2D eigenvalue weighted by Crippen LogP contribution is 2.68. The first-order valence-corrected chi connectivity index (χ1v) is 15.9. The van der Waals surface area contributed by atoms with E-state index in [1.165, 1.54) is 6.08 Å². The highest BCUT2D eigenvalue weighted by Gasteiger charge is 2.76. The van der Waals surface area contributed by atoms with Gasteiger partial charge in [-0.1, -0.05) is 65.0 Å². The van der Waals surface area contributed by atoms with Crippen molar-refractivity contribution in [3.05, 3.63) is 61.2 Å². The van der Waals surface area contributed by atoms with Gasteiger partial charge in [0.05, 0.1) is 42.4 Å². The molecule has 4 heterocycles. The number of halogens is 1. The maximum atomic E-state index is 14.7. The van der Waals surface area contributed by atoms with Crippen LogP contribution in [-0.4, -0.2) is 118 Å². The third-order valence-corrected chi connectivity index (χ3v) is 11.9. The summed E-state index contributed by atoms with van der Waals surface area (Å²) in [6, 6.07) is 7.69. The molecule has 5 rings (SSSR count). The van der Waals surface area contributed by atoms with Gasteiger partial charge in [0, 0.05) is 42.8 Å². The molecular formula is C30H38BrN3O6S. The highest BCUT2D eigenvalue weighted by molar-refractivity contribution is 9.09. The van der Waals surface area contributed by atoms with Gasteiger partial charge in [-0.2, -0.15) is 0 Å². The Balaban J connectivity index is 1.54. The van der Waals surface area contributed by atoms with Crippen molar-refractivity contribution in [1.29, 1.82) is 0 Å². The summed E-state index contributed by atoms with van der Waals surface area (Å²) in [7, 11) is 0. The molecule has 4 fully saturated rings. The molecule has 9 nitrogen and oxygen atoms in total. The zero-order chi connectivity index (χ0) is 29.1. The molecule has 0 aliphatic carbocycles. The van der Waals surface area contributed by atoms with E-state index in [9.17, 15) is 19.5 Å². The van der Waals surface area contributed by atoms with E-state index in [4.69, 9.17) is 9.47 Å². The molecule has 2 bridgehead atoms. The number of benzene rings is 1. The lowest BCUT2D eigenvalue weighted by atomic mass is 9.71. The second-order valence-corrected chi connectivity index (χ2v) is 13.7. The zero-order valence-corrected chi connectivity index (χ0v) is 25.5. The summed E-state index contributed by atoms with van der Waals surface area (Å²) in [6.07, 6.45) is 3.76. The number of rotatable bonds is 12. The molecule has 0 aromatic heterocycles. The summed E-state index contributed by atoms with van der Waals surface area (Å²) in [6.45, 7) is 11.6. The van der Waals surface area contributed by atoms with Crippen molar-refractivity contribution < 1.29 is 29.0 Å². The third kappa shape index (κ3) is 5.51. The Kier molecular flexibility index (Phi) is 9.60. The number of amides is 2. The molecule has 4 saturated heterocycles. The van der Waals surface area contributed by atoms with Crippen molar-refractivity contribution >= 4 is 45.5 Å². The maximum absolute atomic E-state index is 14.7. The lowest BCUT2D eigenvalue weighted by Crippen LogP contribution is -2.57. The third-order valence-electron chi connectivity index (χ3n) is 8.72. The molecule has 41 heavy (non-hydrogen) atoms. The number of aliphatic hydroxyl groups is 1. The number of likely N-dealkylation sites (tertiary alicyclic amines) is 1. The van der Waals surface area contributed by atoms with Crippen molar-refractivity contribution in [1.82, 2.24) is 14.7 Å². The van der Waals surface area contributed by atoms with E-state index in [2.05, 4.69) is 34.0 Å². The summed E-state index contributed by atoms with van der Waals surface area (Å²) < 4.78 is 10.1. The lowest BCUT2D eigenvalue weighted by Gasteiger charge is -2.40. The molecule has 2 amide bonds. The molecule has 222 valence electrons. The van der Waals surface area contributed by atoms with Crippen LogP contribution in [0.3, 0.4) is 0 Å². The Hall–Kier alpha value is -2.18. The topological polar surface area (TPSA) is 99.6 Å². The van der Waals surface area contributed by atoms with Crippen LogP contribution in [0, 0.1) is 11.8 Å². The fraction of sp³-hybridized carbons (Fsp3) is 0.567. The van der Waals surface area contributed by atoms with E-state index in [-0.39, 0.29) is 35.1 Å². The summed E-state index contributed by atoms with van der Waals surface area (Å²) in [4.78, 5) is 48.1. The molecule has 4 aliphatic rings. The van der Waals surface area contributed by atoms with Crippen LogP contribution in [0.2, 0.25) is 0 Å². The van der Waals surface area contributed by atoms with Crippen LogP contribution in [0.4, 0.5) is 0 Å². The van der Waals surface area contributed by atoms with Gasteiger partial charge in [0.1, 0.15) is 12.6 Å². The molecule has 7 atom stereocenters. The number of ether oxygens (including phenoxy) is 2. The number of nitrogens with zero attached hydrogens (tertiary/aromatic N) is 3. The van der Waals surface area contributed by atoms with Crippen LogP contribution < -0.4 is 0 Å². The molecular weight excluding hydrogens is 610 g/mol. The first-order chi connectivity index (χ1) is 19.9. The van der Waals surface area contributed by atoms with Crippen molar-refractivity contribution in [3.8, 4) is 0 Å². The van der Waals surface area contributed by atoms with Gasteiger partial charge in [-0.25, -0.2) is 0 Å². The van der Waals surface area contributed by atoms with Crippen molar-refractivity contribution in [2.24, 2.45) is 11.8 Å². The molecule has 4 aliphatic heterocycles. The monoisotopic (exact) mass is 647 g/mol. The van der Waals surface area contributed by atoms with Crippen LogP contribution in [0.5, 0.6) is 0 Å². The van der Waals surface area contributed by atoms with Crippen molar-refractivity contribution in [2.45, 2.75) is 33.3 Å². The van der Waals surface area contributed by atoms with Gasteiger partial charge in [0.15, 0.2) is 0 Å². The minimum absolute atomic E-state index is 0.0532. The fourth-order valence-electron chi connectivity index (χ4n) is 6.93. The Labute approximate surface area is 254 Å². The standard InChI is InChI=1S/C30H38BrN3O6S/c1-3-10-33(12-11-32-13-16-39-17-14-32)28(37)26-30-18-21(31)25(41-30)23(29(38)40-15-4-2)24(30)27(36)34(26)22(19-35)20-8-6-5-7-9-20/h3-9,21-26,35H,1-2,10-19H2/t21?,22-,23-,24+,25-,26?,30?/m1/s1. The predicted octanol–water partition coefficient (Wildman–Crippen LogP) is 2.26. The molecule has 1 spiro atoms. The number of morpholine rings is 1. The van der Waals surface area contributed by atoms with Crippen LogP contribution in [0.25, 0.3) is 0 Å². The van der Waals surface area contributed by atoms with Crippen LogP contribution in [-0.2, 0) is 23.9 Å². The number of carbonyl (C=O) groups excluding carboxylic acids is 3. The molecule has 1 aromatic rings. The molecule has 1 aromatic carbocycles. The molecule has 3 unspecified atom stereocenters. The number of esters is 1. The quantitative estimate of drug-likeness (QED) is 0.210. The summed E-state index contributed by atoms with van der Waals surface area (Å²) >= 11 is 5.34. The van der Waals surface area contributed by atoms with Crippen LogP contribution in [0.15, 0.2) is 55.6 Å². The Morgan fingerprint density at radius 1 is 1.24 bits per heavy atom. The summed E-state index contributed by atoms with van der Waals surface area (Å²) in [5, 5.41) is 10.5.